The predicted octanol–water partition coefficient (Wildman–Crippen LogP) is 4.26. The van der Waals surface area contributed by atoms with E-state index in [9.17, 15) is 0 Å². The van der Waals surface area contributed by atoms with E-state index in [4.69, 9.17) is 0 Å². The van der Waals surface area contributed by atoms with Crippen LogP contribution in [0.2, 0.25) is 0 Å². The van der Waals surface area contributed by atoms with Crippen molar-refractivity contribution in [3.05, 3.63) is 34.3 Å². The van der Waals surface area contributed by atoms with Gasteiger partial charge in [0.1, 0.15) is 0 Å². The van der Waals surface area contributed by atoms with Crippen LogP contribution in [0.15, 0.2) is 28.7 Å². The SMILES string of the molecule is CC(C)CC(CNC1CC(c2cccc(Br)c2)C1)N(C)C. The van der Waals surface area contributed by atoms with Gasteiger partial charge in [-0.15, -0.1) is 0 Å². The molecule has 1 aliphatic carbocycles. The van der Waals surface area contributed by atoms with Crippen LogP contribution >= 0.6 is 15.9 Å². The number of benzene rings is 1. The zero-order valence-corrected chi connectivity index (χ0v) is 15.4. The number of hydrogen-bond donors (Lipinski definition) is 1. The van der Waals surface area contributed by atoms with E-state index in [1.165, 1.54) is 29.3 Å². The molecule has 1 atom stereocenters. The van der Waals surface area contributed by atoms with Crippen LogP contribution in [0.5, 0.6) is 0 Å². The Balaban J connectivity index is 1.75. The van der Waals surface area contributed by atoms with E-state index >= 15 is 0 Å². The third-order valence-electron chi connectivity index (χ3n) is 4.57. The molecule has 0 saturated heterocycles. The molecule has 0 aromatic heterocycles. The van der Waals surface area contributed by atoms with Crippen LogP contribution < -0.4 is 5.32 Å². The van der Waals surface area contributed by atoms with Crippen LogP contribution in [0.25, 0.3) is 0 Å². The second kappa shape index (κ2) is 7.75. The van der Waals surface area contributed by atoms with E-state index in [-0.39, 0.29) is 0 Å². The van der Waals surface area contributed by atoms with Gasteiger partial charge in [-0.1, -0.05) is 41.9 Å². The molecule has 1 aliphatic rings. The summed E-state index contributed by atoms with van der Waals surface area (Å²) < 4.78 is 1.20. The predicted molar refractivity (Wildman–Crippen MR) is 94.8 cm³/mol. The first-order valence-corrected chi connectivity index (χ1v) is 8.90. The number of nitrogens with zero attached hydrogens (tertiary/aromatic N) is 1. The maximum absolute atomic E-state index is 3.77. The summed E-state index contributed by atoms with van der Waals surface area (Å²) in [5.74, 6) is 1.50. The van der Waals surface area contributed by atoms with Crippen LogP contribution in [0.3, 0.4) is 0 Å². The van der Waals surface area contributed by atoms with Gasteiger partial charge in [-0.25, -0.2) is 0 Å². The average Bonchev–Trinajstić information content (AvgIpc) is 2.34. The summed E-state index contributed by atoms with van der Waals surface area (Å²) in [6.07, 6.45) is 3.82. The maximum Gasteiger partial charge on any atom is 0.0217 e. The highest BCUT2D eigenvalue weighted by Crippen LogP contribution is 2.37. The third-order valence-corrected chi connectivity index (χ3v) is 5.07. The van der Waals surface area contributed by atoms with E-state index in [2.05, 4.69) is 78.4 Å². The minimum absolute atomic E-state index is 0.648. The van der Waals surface area contributed by atoms with E-state index in [1.807, 2.05) is 0 Å². The summed E-state index contributed by atoms with van der Waals surface area (Å²) in [5.41, 5.74) is 1.48. The summed E-state index contributed by atoms with van der Waals surface area (Å²) in [7, 11) is 4.39. The highest BCUT2D eigenvalue weighted by molar-refractivity contribution is 9.10. The standard InChI is InChI=1S/C18H29BrN2/c1-13(2)8-18(21(3)4)12-20-17-10-15(11-17)14-6-5-7-16(19)9-14/h5-7,9,13,15,17-18,20H,8,10-12H2,1-4H3. The lowest BCUT2D eigenvalue weighted by atomic mass is 9.76. The minimum atomic E-state index is 0.648. The number of halogens is 1. The van der Waals surface area contributed by atoms with Gasteiger partial charge in [0, 0.05) is 23.1 Å². The molecule has 21 heavy (non-hydrogen) atoms. The van der Waals surface area contributed by atoms with Gasteiger partial charge in [-0.2, -0.15) is 0 Å². The Morgan fingerprint density at radius 3 is 2.57 bits per heavy atom. The molecule has 0 amide bonds. The van der Waals surface area contributed by atoms with Gasteiger partial charge in [0.25, 0.3) is 0 Å². The second-order valence-electron chi connectivity index (χ2n) is 7.08. The molecular weight excluding hydrogens is 324 g/mol. The fourth-order valence-electron chi connectivity index (χ4n) is 3.14. The lowest BCUT2D eigenvalue weighted by molar-refractivity contribution is 0.214. The van der Waals surface area contributed by atoms with Crippen molar-refractivity contribution in [2.75, 3.05) is 20.6 Å². The first-order chi connectivity index (χ1) is 9.95. The zero-order valence-electron chi connectivity index (χ0n) is 13.8. The quantitative estimate of drug-likeness (QED) is 0.788. The third kappa shape index (κ3) is 5.08. The molecule has 1 aromatic rings. The smallest absolute Gasteiger partial charge is 0.0217 e. The first-order valence-electron chi connectivity index (χ1n) is 8.11. The number of hydrogen-bond acceptors (Lipinski definition) is 2. The highest BCUT2D eigenvalue weighted by atomic mass is 79.9. The van der Waals surface area contributed by atoms with Gasteiger partial charge in [-0.3, -0.25) is 0 Å². The van der Waals surface area contributed by atoms with Gasteiger partial charge in [0.2, 0.25) is 0 Å². The summed E-state index contributed by atoms with van der Waals surface area (Å²) in [5, 5.41) is 3.77. The van der Waals surface area contributed by atoms with Crippen molar-refractivity contribution < 1.29 is 0 Å². The van der Waals surface area contributed by atoms with Gasteiger partial charge in [0.15, 0.2) is 0 Å². The molecule has 2 nitrogen and oxygen atoms in total. The average molecular weight is 353 g/mol. The van der Waals surface area contributed by atoms with Gasteiger partial charge in [0.05, 0.1) is 0 Å². The molecule has 0 heterocycles. The van der Waals surface area contributed by atoms with Crippen molar-refractivity contribution in [2.24, 2.45) is 5.92 Å². The van der Waals surface area contributed by atoms with Crippen LogP contribution in [-0.4, -0.2) is 37.6 Å². The second-order valence-corrected chi connectivity index (χ2v) is 7.99. The normalized spacial score (nSPS) is 23.4. The topological polar surface area (TPSA) is 15.3 Å². The van der Waals surface area contributed by atoms with Crippen LogP contribution in [-0.2, 0) is 0 Å². The molecule has 0 bridgehead atoms. The molecule has 1 fully saturated rings. The Kier molecular flexibility index (Phi) is 6.27. The molecule has 1 N–H and O–H groups in total. The molecule has 1 saturated carbocycles. The molecule has 118 valence electrons. The highest BCUT2D eigenvalue weighted by Gasteiger charge is 2.30. The molecule has 1 unspecified atom stereocenters. The Labute approximate surface area is 138 Å². The van der Waals surface area contributed by atoms with Crippen molar-refractivity contribution >= 4 is 15.9 Å². The lowest BCUT2D eigenvalue weighted by Crippen LogP contribution is -2.47. The number of nitrogens with one attached hydrogen (secondary N) is 1. The molecule has 2 rings (SSSR count). The summed E-state index contributed by atoms with van der Waals surface area (Å²) in [6.45, 7) is 5.73. The Bertz CT molecular complexity index is 439. The van der Waals surface area contributed by atoms with E-state index < -0.39 is 0 Å². The fourth-order valence-corrected chi connectivity index (χ4v) is 3.56. The lowest BCUT2D eigenvalue weighted by Gasteiger charge is -2.38. The molecular formula is C18H29BrN2. The summed E-state index contributed by atoms with van der Waals surface area (Å²) in [4.78, 5) is 2.36. The Hall–Kier alpha value is -0.380. The molecule has 0 spiro atoms. The van der Waals surface area contributed by atoms with Crippen molar-refractivity contribution in [1.82, 2.24) is 10.2 Å². The monoisotopic (exact) mass is 352 g/mol. The zero-order chi connectivity index (χ0) is 15.4. The fraction of sp³-hybridized carbons (Fsp3) is 0.667. The van der Waals surface area contributed by atoms with Crippen molar-refractivity contribution in [3.8, 4) is 0 Å². The molecule has 3 heteroatoms. The van der Waals surface area contributed by atoms with Crippen molar-refractivity contribution in [3.63, 3.8) is 0 Å². The van der Waals surface area contributed by atoms with Crippen molar-refractivity contribution in [2.45, 2.75) is 51.1 Å². The van der Waals surface area contributed by atoms with Crippen molar-refractivity contribution in [1.29, 1.82) is 0 Å². The summed E-state index contributed by atoms with van der Waals surface area (Å²) in [6, 6.07) is 10.1. The summed E-state index contributed by atoms with van der Waals surface area (Å²) >= 11 is 3.57. The molecule has 0 radical (unpaired) electrons. The Morgan fingerprint density at radius 2 is 2.00 bits per heavy atom. The van der Waals surface area contributed by atoms with E-state index in [1.54, 1.807) is 0 Å². The van der Waals surface area contributed by atoms with Gasteiger partial charge < -0.3 is 10.2 Å². The largest absolute Gasteiger partial charge is 0.312 e. The first kappa shape index (κ1) is 17.0. The maximum atomic E-state index is 3.77. The number of rotatable bonds is 7. The minimum Gasteiger partial charge on any atom is -0.312 e. The van der Waals surface area contributed by atoms with Gasteiger partial charge >= 0.3 is 0 Å². The van der Waals surface area contributed by atoms with Crippen LogP contribution in [0.1, 0.15) is 44.6 Å². The molecule has 1 aromatic carbocycles. The molecule has 0 aliphatic heterocycles. The van der Waals surface area contributed by atoms with E-state index in [0.29, 0.717) is 12.1 Å². The van der Waals surface area contributed by atoms with Crippen LogP contribution in [0.4, 0.5) is 0 Å². The Morgan fingerprint density at radius 1 is 1.29 bits per heavy atom. The number of likely N-dealkylation sites (N-methyl/N-ethyl adjacent to an activating group) is 1. The van der Waals surface area contributed by atoms with E-state index in [0.717, 1.165) is 18.4 Å². The van der Waals surface area contributed by atoms with Crippen LogP contribution in [0, 0.1) is 5.92 Å². The van der Waals surface area contributed by atoms with Gasteiger partial charge in [-0.05, 0) is 62.9 Å².